The van der Waals surface area contributed by atoms with Crippen molar-refractivity contribution in [3.05, 3.63) is 84.9 Å². The molecule has 0 saturated heterocycles. The van der Waals surface area contributed by atoms with Crippen molar-refractivity contribution in [1.29, 1.82) is 0 Å². The van der Waals surface area contributed by atoms with E-state index in [4.69, 9.17) is 137 Å². The molecule has 30 radical (unpaired) electrons. The van der Waals surface area contributed by atoms with Gasteiger partial charge >= 0.3 is 0 Å². The molecule has 4 nitrogen and oxygen atoms in total. The fourth-order valence-corrected chi connectivity index (χ4v) is 8.15. The van der Waals surface area contributed by atoms with Gasteiger partial charge in [-0.05, 0) is 38.8 Å². The summed E-state index contributed by atoms with van der Waals surface area (Å²) in [6.45, 7) is 0. The summed E-state index contributed by atoms with van der Waals surface area (Å²) in [5.74, 6) is 0.582. The van der Waals surface area contributed by atoms with Gasteiger partial charge in [0.05, 0.1) is 0 Å². The van der Waals surface area contributed by atoms with E-state index in [1.54, 1.807) is 0 Å². The van der Waals surface area contributed by atoms with Gasteiger partial charge in [0.25, 0.3) is 0 Å². The van der Waals surface area contributed by atoms with E-state index in [9.17, 15) is 0 Å². The fraction of sp³-hybridized carbons (Fsp3) is 0. The minimum atomic E-state index is -0.115. The smallest absolute Gasteiger partial charge is 0.164 e. The fourth-order valence-electron chi connectivity index (χ4n) is 8.15. The zero-order valence-electron chi connectivity index (χ0n) is 34.0. The van der Waals surface area contributed by atoms with E-state index in [1.165, 1.54) is 0 Å². The third-order valence-electron chi connectivity index (χ3n) is 11.6. The van der Waals surface area contributed by atoms with Crippen LogP contribution < -0.4 is 81.9 Å². The van der Waals surface area contributed by atoms with Gasteiger partial charge in [-0.2, -0.15) is 0 Å². The Hall–Kier alpha value is -5.68. The second-order valence-corrected chi connectivity index (χ2v) is 15.2. The Bertz CT molecular complexity index is 3410. The highest BCUT2D eigenvalue weighted by Gasteiger charge is 2.28. The molecular weight excluding hydrogens is 761 g/mol. The van der Waals surface area contributed by atoms with Crippen LogP contribution in [-0.2, 0) is 0 Å². The van der Waals surface area contributed by atoms with Crippen LogP contribution in [0.3, 0.4) is 0 Å². The number of nitrogens with zero attached hydrogens (tertiary/aromatic N) is 3. The Balaban J connectivity index is 1.40. The summed E-state index contributed by atoms with van der Waals surface area (Å²) in [5.41, 5.74) is 2.85. The molecule has 2 aromatic heterocycles. The zero-order valence-corrected chi connectivity index (χ0v) is 34.0. The number of rotatable bonds is 6. The lowest BCUT2D eigenvalue weighted by Crippen LogP contribution is -2.56. The average molecular weight is 775 g/mol. The highest BCUT2D eigenvalue weighted by Crippen LogP contribution is 2.30. The topological polar surface area (TPSA) is 51.8 Å². The van der Waals surface area contributed by atoms with Gasteiger partial charge in [-0.15, -0.1) is 27.3 Å². The molecule has 0 spiro atoms. The van der Waals surface area contributed by atoms with E-state index in [0.29, 0.717) is 11.1 Å². The minimum Gasteiger partial charge on any atom is -0.457 e. The average Bonchev–Trinajstić information content (AvgIpc) is 3.72. The van der Waals surface area contributed by atoms with E-state index in [1.807, 2.05) is 84.9 Å². The molecule has 0 aliphatic heterocycles. The van der Waals surface area contributed by atoms with Crippen molar-refractivity contribution in [2.75, 3.05) is 0 Å². The first kappa shape index (κ1) is 43.6. The summed E-state index contributed by atoms with van der Waals surface area (Å²) >= 11 is 0. The van der Waals surface area contributed by atoms with Gasteiger partial charge in [0.2, 0.25) is 0 Å². The van der Waals surface area contributed by atoms with Crippen molar-refractivity contribution in [3.63, 3.8) is 0 Å². The first-order valence-corrected chi connectivity index (χ1v) is 19.5. The van der Waals surface area contributed by atoms with Gasteiger partial charge < -0.3 is 4.42 Å². The molecule has 2 heterocycles. The highest BCUT2D eigenvalue weighted by molar-refractivity contribution is 6.72. The van der Waals surface area contributed by atoms with Crippen LogP contribution in [0.15, 0.2) is 89.3 Å². The van der Waals surface area contributed by atoms with Crippen LogP contribution in [0.1, 0.15) is 0 Å². The Morgan fingerprint density at radius 1 is 0.250 bits per heavy atom. The molecule has 19 heteroatoms. The standard InChI is InChI=1S/C45H14B15N3O/c46-26-19(21-30(50)35(55)38(58)36(56)31(21)51)27(47)25(28(48)20(26)22-29(49)32(52)23-24-33(53)37(57)39(59)40(60)42(24)64-41(23)34(22)54)45-62-43(17-9-5-2-6-10-17)61-44(63-45)18-13-11-16(12-14-18)15-7-3-1-4-8-15/h1-14H. The largest absolute Gasteiger partial charge is 0.457 e. The molecule has 9 aromatic rings. The molecule has 0 N–H and O–H groups in total. The molecule has 0 saturated carbocycles. The van der Waals surface area contributed by atoms with Crippen molar-refractivity contribution < 1.29 is 4.42 Å². The molecule has 9 rings (SSSR count). The number of hydrogen-bond acceptors (Lipinski definition) is 4. The van der Waals surface area contributed by atoms with Crippen molar-refractivity contribution in [2.24, 2.45) is 0 Å². The SMILES string of the molecule is [B]c1c([B])c([B])c(-c2c([B])c(-c3nc(-c4ccccc4)nc(-c4ccc(-c5ccccc5)cc4)n3)c([B])c(-c3c([B])c([B])c4c(oc5c([B])c([B])c([B])c([B])c54)c3[B])c2[B])c([B])c1[B]. The van der Waals surface area contributed by atoms with Crippen LogP contribution in [0.4, 0.5) is 0 Å². The molecular formula is C45H14B15N3O. The lowest BCUT2D eigenvalue weighted by atomic mass is 9.56. The number of furan rings is 1. The monoisotopic (exact) mass is 777 g/mol. The van der Waals surface area contributed by atoms with Gasteiger partial charge in [-0.3, -0.25) is 0 Å². The van der Waals surface area contributed by atoms with Crippen molar-refractivity contribution >= 4 is 222 Å². The van der Waals surface area contributed by atoms with E-state index in [2.05, 4.69) is 0 Å². The van der Waals surface area contributed by atoms with Crippen LogP contribution in [-0.4, -0.2) is 133 Å². The van der Waals surface area contributed by atoms with Crippen molar-refractivity contribution in [3.8, 4) is 67.5 Å². The summed E-state index contributed by atoms with van der Waals surface area (Å²) in [6.07, 6.45) is 0. The summed E-state index contributed by atoms with van der Waals surface area (Å²) < 4.78 is 6.28. The molecule has 0 aliphatic rings. The maximum Gasteiger partial charge on any atom is 0.164 e. The molecule has 0 bridgehead atoms. The number of aromatic nitrogens is 3. The second-order valence-electron chi connectivity index (χ2n) is 15.2. The first-order valence-electron chi connectivity index (χ1n) is 19.5. The third-order valence-corrected chi connectivity index (χ3v) is 11.6. The summed E-state index contributed by atoms with van der Waals surface area (Å²) in [6, 6.07) is 26.9. The number of fused-ring (bicyclic) bond motifs is 3. The van der Waals surface area contributed by atoms with Crippen LogP contribution in [0, 0.1) is 0 Å². The van der Waals surface area contributed by atoms with E-state index < -0.39 is 0 Å². The normalized spacial score (nSPS) is 11.4. The maximum atomic E-state index is 7.26. The zero-order chi connectivity index (χ0) is 45.6. The predicted octanol–water partition coefficient (Wildman–Crippen LogP) is -6.32. The first-order chi connectivity index (χ1) is 30.5. The lowest BCUT2D eigenvalue weighted by molar-refractivity contribution is 0.675. The molecule has 260 valence electrons. The van der Waals surface area contributed by atoms with Gasteiger partial charge in [0, 0.05) is 27.5 Å². The second kappa shape index (κ2) is 16.4. The molecule has 0 aliphatic carbocycles. The minimum absolute atomic E-state index is 0.00616. The van der Waals surface area contributed by atoms with Gasteiger partial charge in [0.15, 0.2) is 17.5 Å². The summed E-state index contributed by atoms with van der Waals surface area (Å²) in [5, 5.41) is 0.468. The highest BCUT2D eigenvalue weighted by atomic mass is 16.3. The molecule has 64 heavy (non-hydrogen) atoms. The third kappa shape index (κ3) is 6.71. The van der Waals surface area contributed by atoms with Crippen LogP contribution in [0.5, 0.6) is 0 Å². The quantitative estimate of drug-likeness (QED) is 0.158. The Morgan fingerprint density at radius 3 is 1.09 bits per heavy atom. The van der Waals surface area contributed by atoms with E-state index >= 15 is 0 Å². The Morgan fingerprint density at radius 2 is 0.562 bits per heavy atom. The van der Waals surface area contributed by atoms with Crippen LogP contribution >= 0.6 is 0 Å². The molecule has 0 unspecified atom stereocenters. The van der Waals surface area contributed by atoms with Gasteiger partial charge in [-0.1, -0.05) is 134 Å². The predicted molar refractivity (Wildman–Crippen MR) is 281 cm³/mol. The lowest BCUT2D eigenvalue weighted by Gasteiger charge is -2.30. The number of hydrogen-bond donors (Lipinski definition) is 0. The molecule has 7 aromatic carbocycles. The van der Waals surface area contributed by atoms with E-state index in [0.717, 1.165) is 11.1 Å². The van der Waals surface area contributed by atoms with Gasteiger partial charge in [-0.25, -0.2) is 15.0 Å². The number of benzene rings is 7. The van der Waals surface area contributed by atoms with Gasteiger partial charge in [0.1, 0.15) is 129 Å². The maximum absolute atomic E-state index is 7.26. The molecule has 0 atom stereocenters. The summed E-state index contributed by atoms with van der Waals surface area (Å²) in [4.78, 5) is 14.8. The summed E-state index contributed by atoms with van der Waals surface area (Å²) in [7, 11) is 100. The van der Waals surface area contributed by atoms with Crippen LogP contribution in [0.2, 0.25) is 0 Å². The van der Waals surface area contributed by atoms with E-state index in [-0.39, 0.29) is 149 Å². The van der Waals surface area contributed by atoms with Crippen molar-refractivity contribution in [1.82, 2.24) is 15.0 Å². The Labute approximate surface area is 391 Å². The van der Waals surface area contributed by atoms with Crippen LogP contribution in [0.25, 0.3) is 89.5 Å². The molecule has 0 amide bonds. The Kier molecular flexibility index (Phi) is 11.2. The van der Waals surface area contributed by atoms with Crippen molar-refractivity contribution in [2.45, 2.75) is 0 Å². The molecule has 0 fully saturated rings.